The van der Waals surface area contributed by atoms with Gasteiger partial charge in [-0.3, -0.25) is 19.4 Å². The third-order valence-corrected chi connectivity index (χ3v) is 6.05. The van der Waals surface area contributed by atoms with Crippen LogP contribution in [0, 0.1) is 5.82 Å². The number of hydrogen-bond donors (Lipinski definition) is 1. The molecule has 2 fully saturated rings. The van der Waals surface area contributed by atoms with E-state index in [9.17, 15) is 14.7 Å². The standard InChI is InChI=1S/C19H21FN4O4/c1-21-10-28-18-15-12(17(25)13(19(26)27)9-24(15)21)7-14(20)16(18)23-6-5-22-4-2-3-11(22)8-23/h7,9,11H,2-6,8,10H2,1H3,(H,26,27)/t11-/m0/s1. The maximum atomic E-state index is 15.2. The lowest BCUT2D eigenvalue weighted by Gasteiger charge is -2.40. The van der Waals surface area contributed by atoms with Crippen molar-refractivity contribution in [2.75, 3.05) is 49.9 Å². The van der Waals surface area contributed by atoms with Gasteiger partial charge in [0.05, 0.1) is 5.39 Å². The van der Waals surface area contributed by atoms with Gasteiger partial charge in [-0.25, -0.2) is 9.18 Å². The van der Waals surface area contributed by atoms with Crippen LogP contribution < -0.4 is 20.1 Å². The number of nitrogens with zero attached hydrogens (tertiary/aromatic N) is 4. The van der Waals surface area contributed by atoms with Gasteiger partial charge in [-0.2, -0.15) is 0 Å². The Labute approximate surface area is 160 Å². The molecule has 5 rings (SSSR count). The molecule has 8 nitrogen and oxygen atoms in total. The molecule has 1 N–H and O–H groups in total. The number of pyridine rings is 1. The minimum atomic E-state index is -1.33. The fraction of sp³-hybridized carbons (Fsp3) is 0.474. The number of carboxylic acid groups (broad SMARTS) is 1. The Morgan fingerprint density at radius 3 is 2.93 bits per heavy atom. The lowest BCUT2D eigenvalue weighted by molar-refractivity contribution is 0.0694. The number of aromatic carboxylic acids is 1. The van der Waals surface area contributed by atoms with Crippen LogP contribution in [0.1, 0.15) is 23.2 Å². The Morgan fingerprint density at radius 1 is 1.32 bits per heavy atom. The molecule has 0 radical (unpaired) electrons. The summed E-state index contributed by atoms with van der Waals surface area (Å²) in [6.45, 7) is 3.48. The second-order valence-electron chi connectivity index (χ2n) is 7.66. The molecule has 0 saturated carbocycles. The summed E-state index contributed by atoms with van der Waals surface area (Å²) in [7, 11) is 1.72. The highest BCUT2D eigenvalue weighted by molar-refractivity contribution is 5.97. The number of benzene rings is 1. The van der Waals surface area contributed by atoms with Gasteiger partial charge in [0, 0.05) is 38.9 Å². The van der Waals surface area contributed by atoms with Crippen molar-refractivity contribution in [1.29, 1.82) is 0 Å². The monoisotopic (exact) mass is 388 g/mol. The van der Waals surface area contributed by atoms with Gasteiger partial charge in [0.25, 0.3) is 0 Å². The van der Waals surface area contributed by atoms with E-state index in [4.69, 9.17) is 4.74 Å². The van der Waals surface area contributed by atoms with Crippen LogP contribution in [0.2, 0.25) is 0 Å². The van der Waals surface area contributed by atoms with Gasteiger partial charge in [0.1, 0.15) is 16.8 Å². The molecule has 4 heterocycles. The van der Waals surface area contributed by atoms with E-state index in [1.165, 1.54) is 6.20 Å². The van der Waals surface area contributed by atoms with Crippen molar-refractivity contribution in [3.8, 4) is 5.75 Å². The topological polar surface area (TPSA) is 78.2 Å². The number of piperazine rings is 1. The molecule has 148 valence electrons. The van der Waals surface area contributed by atoms with E-state index in [0.29, 0.717) is 36.1 Å². The van der Waals surface area contributed by atoms with Gasteiger partial charge in [0.2, 0.25) is 5.43 Å². The average molecular weight is 388 g/mol. The first-order valence-electron chi connectivity index (χ1n) is 9.44. The highest BCUT2D eigenvalue weighted by Gasteiger charge is 2.35. The molecule has 1 aromatic carbocycles. The summed E-state index contributed by atoms with van der Waals surface area (Å²) in [6.07, 6.45) is 3.54. The molecule has 3 aliphatic rings. The fourth-order valence-electron chi connectivity index (χ4n) is 4.66. The van der Waals surface area contributed by atoms with Crippen molar-refractivity contribution in [2.45, 2.75) is 18.9 Å². The van der Waals surface area contributed by atoms with Gasteiger partial charge < -0.3 is 14.7 Å². The molecule has 0 aliphatic carbocycles. The number of fused-ring (bicyclic) bond motifs is 1. The van der Waals surface area contributed by atoms with E-state index >= 15 is 4.39 Å². The first-order chi connectivity index (χ1) is 13.5. The Hall–Kier alpha value is -2.81. The maximum Gasteiger partial charge on any atom is 0.341 e. The third-order valence-electron chi connectivity index (χ3n) is 6.05. The number of hydrogen-bond acceptors (Lipinski definition) is 6. The average Bonchev–Trinajstić information content (AvgIpc) is 3.13. The predicted molar refractivity (Wildman–Crippen MR) is 102 cm³/mol. The normalized spacial score (nSPS) is 21.7. The Kier molecular flexibility index (Phi) is 3.77. The number of carboxylic acids is 1. The smallest absolute Gasteiger partial charge is 0.341 e. The SMILES string of the molecule is CN1COc2c(N3CCN4CCC[C@H]4C3)c(F)cc3c(=O)c(C(=O)O)cn1c23. The zero-order valence-corrected chi connectivity index (χ0v) is 15.5. The molecule has 2 aromatic rings. The van der Waals surface area contributed by atoms with E-state index in [-0.39, 0.29) is 17.7 Å². The predicted octanol–water partition coefficient (Wildman–Crippen LogP) is 1.04. The Morgan fingerprint density at radius 2 is 2.14 bits per heavy atom. The van der Waals surface area contributed by atoms with Crippen molar-refractivity contribution in [3.63, 3.8) is 0 Å². The van der Waals surface area contributed by atoms with E-state index in [1.54, 1.807) is 16.7 Å². The Balaban J connectivity index is 1.72. The van der Waals surface area contributed by atoms with Gasteiger partial charge >= 0.3 is 5.97 Å². The maximum absolute atomic E-state index is 15.2. The minimum absolute atomic E-state index is 0.0159. The first kappa shape index (κ1) is 17.3. The molecule has 3 aliphatic heterocycles. The van der Waals surface area contributed by atoms with E-state index < -0.39 is 17.2 Å². The summed E-state index contributed by atoms with van der Waals surface area (Å²) in [5.41, 5.74) is -0.318. The molecule has 0 spiro atoms. The van der Waals surface area contributed by atoms with E-state index in [0.717, 1.165) is 32.0 Å². The van der Waals surface area contributed by atoms with Gasteiger partial charge in [0.15, 0.2) is 18.3 Å². The second kappa shape index (κ2) is 6.10. The minimum Gasteiger partial charge on any atom is -0.477 e. The largest absolute Gasteiger partial charge is 0.477 e. The van der Waals surface area contributed by atoms with Crippen LogP contribution in [0.3, 0.4) is 0 Å². The van der Waals surface area contributed by atoms with Crippen LogP contribution in [0.25, 0.3) is 10.9 Å². The van der Waals surface area contributed by atoms with Crippen LogP contribution in [0.5, 0.6) is 5.75 Å². The highest BCUT2D eigenvalue weighted by atomic mass is 19.1. The molecule has 0 amide bonds. The van der Waals surface area contributed by atoms with Crippen molar-refractivity contribution in [3.05, 3.63) is 33.9 Å². The molecule has 28 heavy (non-hydrogen) atoms. The van der Waals surface area contributed by atoms with Gasteiger partial charge in [-0.1, -0.05) is 0 Å². The molecule has 9 heteroatoms. The highest BCUT2D eigenvalue weighted by Crippen LogP contribution is 2.41. The summed E-state index contributed by atoms with van der Waals surface area (Å²) in [5.74, 6) is -1.57. The number of rotatable bonds is 2. The summed E-state index contributed by atoms with van der Waals surface area (Å²) < 4.78 is 22.7. The van der Waals surface area contributed by atoms with E-state index in [1.807, 2.05) is 4.90 Å². The quantitative estimate of drug-likeness (QED) is 0.824. The number of ether oxygens (including phenoxy) is 1. The second-order valence-corrected chi connectivity index (χ2v) is 7.66. The number of halogens is 1. The van der Waals surface area contributed by atoms with Gasteiger partial charge in [-0.05, 0) is 25.5 Å². The molecule has 0 unspecified atom stereocenters. The molecule has 0 bridgehead atoms. The number of aromatic nitrogens is 1. The molecule has 1 aromatic heterocycles. The van der Waals surface area contributed by atoms with Crippen molar-refractivity contribution in [1.82, 2.24) is 9.58 Å². The van der Waals surface area contributed by atoms with E-state index in [2.05, 4.69) is 4.90 Å². The summed E-state index contributed by atoms with van der Waals surface area (Å²) >= 11 is 0. The van der Waals surface area contributed by atoms with Crippen LogP contribution in [-0.2, 0) is 0 Å². The first-order valence-corrected chi connectivity index (χ1v) is 9.44. The zero-order valence-electron chi connectivity index (χ0n) is 15.5. The molecule has 2 saturated heterocycles. The lowest BCUT2D eigenvalue weighted by Crippen LogP contribution is -2.50. The summed E-state index contributed by atoms with van der Waals surface area (Å²) in [6, 6.07) is 1.56. The molecular weight excluding hydrogens is 367 g/mol. The number of carbonyl (C=O) groups is 1. The van der Waals surface area contributed by atoms with Crippen LogP contribution in [0.4, 0.5) is 10.1 Å². The Bertz CT molecular complexity index is 1050. The molecule has 1 atom stereocenters. The van der Waals surface area contributed by atoms with Crippen LogP contribution in [-0.4, -0.2) is 66.7 Å². The van der Waals surface area contributed by atoms with Crippen molar-refractivity contribution < 1.29 is 19.0 Å². The van der Waals surface area contributed by atoms with Crippen LogP contribution >= 0.6 is 0 Å². The van der Waals surface area contributed by atoms with Crippen molar-refractivity contribution in [2.24, 2.45) is 0 Å². The third kappa shape index (κ3) is 2.39. The number of anilines is 1. The fourth-order valence-corrected chi connectivity index (χ4v) is 4.66. The zero-order chi connectivity index (χ0) is 19.6. The van der Waals surface area contributed by atoms with Crippen molar-refractivity contribution >= 4 is 22.6 Å². The molecular formula is C19H21FN4O4. The summed E-state index contributed by atoms with van der Waals surface area (Å²) in [4.78, 5) is 28.6. The lowest BCUT2D eigenvalue weighted by atomic mass is 10.1. The van der Waals surface area contributed by atoms with Gasteiger partial charge in [-0.15, -0.1) is 0 Å². The van der Waals surface area contributed by atoms with Crippen LogP contribution in [0.15, 0.2) is 17.1 Å². The summed E-state index contributed by atoms with van der Waals surface area (Å²) in [5, 5.41) is 11.0.